The van der Waals surface area contributed by atoms with Crippen molar-refractivity contribution in [1.82, 2.24) is 0 Å². The Morgan fingerprint density at radius 3 is 2.07 bits per heavy atom. The average Bonchev–Trinajstić information content (AvgIpc) is 2.71. The van der Waals surface area contributed by atoms with Crippen molar-refractivity contribution in [2.24, 2.45) is 0 Å². The van der Waals surface area contributed by atoms with Gasteiger partial charge in [0.05, 0.1) is 5.92 Å². The Labute approximate surface area is 160 Å². The molecule has 27 heavy (non-hydrogen) atoms. The van der Waals surface area contributed by atoms with E-state index >= 15 is 0 Å². The van der Waals surface area contributed by atoms with Gasteiger partial charge >= 0.3 is 0 Å². The molecule has 1 aliphatic heterocycles. The van der Waals surface area contributed by atoms with Crippen LogP contribution in [0.15, 0.2) is 72.8 Å². The molecule has 3 heteroatoms. The lowest BCUT2D eigenvalue weighted by molar-refractivity contribution is -0.116. The lowest BCUT2D eigenvalue weighted by atomic mass is 9.87. The zero-order chi connectivity index (χ0) is 18.6. The number of fused-ring (bicyclic) bond motifs is 2. The maximum atomic E-state index is 13.2. The van der Waals surface area contributed by atoms with Crippen LogP contribution < -0.4 is 10.1 Å². The fourth-order valence-corrected chi connectivity index (χ4v) is 3.54. The smallest absolute Gasteiger partial charge is 0.236 e. The maximum absolute atomic E-state index is 13.2. The molecule has 1 aliphatic rings. The predicted molar refractivity (Wildman–Crippen MR) is 108 cm³/mol. The highest BCUT2D eigenvalue weighted by Gasteiger charge is 2.32. The highest BCUT2D eigenvalue weighted by molar-refractivity contribution is 5.99. The minimum atomic E-state index is -0.383. The summed E-state index contributed by atoms with van der Waals surface area (Å²) in [7, 11) is 0. The molecule has 0 unspecified atom stereocenters. The number of benzene rings is 3. The summed E-state index contributed by atoms with van der Waals surface area (Å²) >= 11 is 0. The first kappa shape index (κ1) is 17.3. The van der Waals surface area contributed by atoms with Gasteiger partial charge in [0.25, 0.3) is 0 Å². The van der Waals surface area contributed by atoms with E-state index in [0.717, 1.165) is 34.7 Å². The summed E-state index contributed by atoms with van der Waals surface area (Å²) in [5, 5.41) is 3.08. The van der Waals surface area contributed by atoms with Gasteiger partial charge in [-0.1, -0.05) is 61.9 Å². The lowest BCUT2D eigenvalue weighted by Crippen LogP contribution is -2.25. The number of ether oxygens (including phenoxy) is 1. The summed E-state index contributed by atoms with van der Waals surface area (Å²) in [6, 6.07) is 23.6. The monoisotopic (exact) mass is 357 g/mol. The molecule has 0 fully saturated rings. The van der Waals surface area contributed by atoms with E-state index in [1.165, 1.54) is 18.4 Å². The fraction of sp³-hybridized carbons (Fsp3) is 0.208. The molecule has 136 valence electrons. The van der Waals surface area contributed by atoms with Gasteiger partial charge in [-0.3, -0.25) is 4.79 Å². The SMILES string of the molecule is CCCCc1ccc(NC(=O)C2c3ccccc3Oc3ccccc32)cc1. The van der Waals surface area contributed by atoms with Crippen LogP contribution in [0.25, 0.3) is 0 Å². The standard InChI is InChI=1S/C24H23NO2/c1-2-3-8-17-13-15-18(16-14-17)25-24(26)23-19-9-4-6-11-21(19)27-22-12-7-5-10-20(22)23/h4-7,9-16,23H,2-3,8H2,1H3,(H,25,26). The molecule has 3 nitrogen and oxygen atoms in total. The molecule has 0 radical (unpaired) electrons. The van der Waals surface area contributed by atoms with Crippen molar-refractivity contribution in [1.29, 1.82) is 0 Å². The van der Waals surface area contributed by atoms with Crippen LogP contribution in [0.5, 0.6) is 11.5 Å². The van der Waals surface area contributed by atoms with E-state index in [4.69, 9.17) is 4.74 Å². The van der Waals surface area contributed by atoms with Gasteiger partial charge in [0.15, 0.2) is 0 Å². The molecule has 0 aromatic heterocycles. The molecule has 0 saturated carbocycles. The third-order valence-electron chi connectivity index (χ3n) is 4.98. The van der Waals surface area contributed by atoms with Crippen molar-refractivity contribution in [3.63, 3.8) is 0 Å². The predicted octanol–water partition coefficient (Wildman–Crippen LogP) is 5.91. The Kier molecular flexibility index (Phi) is 4.93. The summed E-state index contributed by atoms with van der Waals surface area (Å²) in [5.74, 6) is 1.06. The van der Waals surface area contributed by atoms with Crippen molar-refractivity contribution in [2.45, 2.75) is 32.1 Å². The van der Waals surface area contributed by atoms with Gasteiger partial charge in [-0.05, 0) is 42.7 Å². The van der Waals surface area contributed by atoms with Crippen molar-refractivity contribution in [2.75, 3.05) is 5.32 Å². The van der Waals surface area contributed by atoms with Gasteiger partial charge in [0, 0.05) is 16.8 Å². The van der Waals surface area contributed by atoms with Gasteiger partial charge in [0.2, 0.25) is 5.91 Å². The summed E-state index contributed by atoms with van der Waals surface area (Å²) < 4.78 is 5.98. The zero-order valence-corrected chi connectivity index (χ0v) is 15.4. The lowest BCUT2D eigenvalue weighted by Gasteiger charge is -2.27. The van der Waals surface area contributed by atoms with E-state index in [-0.39, 0.29) is 11.8 Å². The average molecular weight is 357 g/mol. The number of carbonyl (C=O) groups excluding carboxylic acids is 1. The molecule has 1 heterocycles. The highest BCUT2D eigenvalue weighted by atomic mass is 16.5. The van der Waals surface area contributed by atoms with Crippen molar-refractivity contribution < 1.29 is 9.53 Å². The molecule has 0 bridgehead atoms. The number of unbranched alkanes of at least 4 members (excludes halogenated alkanes) is 1. The summed E-state index contributed by atoms with van der Waals surface area (Å²) in [4.78, 5) is 13.2. The molecule has 0 saturated heterocycles. The van der Waals surface area contributed by atoms with E-state index < -0.39 is 0 Å². The summed E-state index contributed by atoms with van der Waals surface area (Å²) in [6.07, 6.45) is 3.44. The van der Waals surface area contributed by atoms with Crippen molar-refractivity contribution in [3.05, 3.63) is 89.5 Å². The first-order valence-electron chi connectivity index (χ1n) is 9.52. The van der Waals surface area contributed by atoms with E-state index in [1.54, 1.807) is 0 Å². The van der Waals surface area contributed by atoms with Crippen LogP contribution in [0.3, 0.4) is 0 Å². The van der Waals surface area contributed by atoms with Crippen LogP contribution in [0.1, 0.15) is 42.4 Å². The molecule has 3 aromatic rings. The second-order valence-electron chi connectivity index (χ2n) is 6.90. The summed E-state index contributed by atoms with van der Waals surface area (Å²) in [6.45, 7) is 2.19. The van der Waals surface area contributed by atoms with E-state index in [2.05, 4.69) is 24.4 Å². The van der Waals surface area contributed by atoms with Crippen LogP contribution in [-0.4, -0.2) is 5.91 Å². The first-order valence-corrected chi connectivity index (χ1v) is 9.52. The molecular formula is C24H23NO2. The first-order chi connectivity index (χ1) is 13.3. The number of carbonyl (C=O) groups is 1. The Morgan fingerprint density at radius 1 is 0.889 bits per heavy atom. The molecule has 4 rings (SSSR count). The van der Waals surface area contributed by atoms with Gasteiger partial charge < -0.3 is 10.1 Å². The largest absolute Gasteiger partial charge is 0.457 e. The number of rotatable bonds is 5. The van der Waals surface area contributed by atoms with Crippen molar-refractivity contribution >= 4 is 11.6 Å². The molecule has 3 aromatic carbocycles. The van der Waals surface area contributed by atoms with E-state index in [9.17, 15) is 4.79 Å². The highest BCUT2D eigenvalue weighted by Crippen LogP contribution is 2.44. The van der Waals surface area contributed by atoms with Gasteiger partial charge in [-0.25, -0.2) is 0 Å². The van der Waals surface area contributed by atoms with Crippen molar-refractivity contribution in [3.8, 4) is 11.5 Å². The van der Waals surface area contributed by atoms with Crippen LogP contribution in [0, 0.1) is 0 Å². The van der Waals surface area contributed by atoms with E-state index in [0.29, 0.717) is 0 Å². The normalized spacial score (nSPS) is 12.6. The van der Waals surface area contributed by atoms with Gasteiger partial charge in [-0.2, -0.15) is 0 Å². The Hall–Kier alpha value is -3.07. The number of anilines is 1. The Morgan fingerprint density at radius 2 is 1.48 bits per heavy atom. The fourth-order valence-electron chi connectivity index (χ4n) is 3.54. The summed E-state index contributed by atoms with van der Waals surface area (Å²) in [5.41, 5.74) is 3.92. The molecule has 1 amide bonds. The van der Waals surface area contributed by atoms with Crippen LogP contribution in [0.4, 0.5) is 5.69 Å². The number of nitrogens with one attached hydrogen (secondary N) is 1. The number of amides is 1. The minimum Gasteiger partial charge on any atom is -0.457 e. The quantitative estimate of drug-likeness (QED) is 0.617. The minimum absolute atomic E-state index is 0.0421. The number of para-hydroxylation sites is 2. The van der Waals surface area contributed by atoms with E-state index in [1.807, 2.05) is 60.7 Å². The van der Waals surface area contributed by atoms with Crippen LogP contribution >= 0.6 is 0 Å². The molecule has 0 spiro atoms. The van der Waals surface area contributed by atoms with Crippen LogP contribution in [0.2, 0.25) is 0 Å². The second kappa shape index (κ2) is 7.67. The Bertz CT molecular complexity index is 901. The third-order valence-corrected chi connectivity index (χ3v) is 4.98. The maximum Gasteiger partial charge on any atom is 0.236 e. The van der Waals surface area contributed by atoms with Gasteiger partial charge in [-0.15, -0.1) is 0 Å². The third kappa shape index (κ3) is 3.59. The molecular weight excluding hydrogens is 334 g/mol. The molecule has 0 atom stereocenters. The second-order valence-corrected chi connectivity index (χ2v) is 6.90. The topological polar surface area (TPSA) is 38.3 Å². The van der Waals surface area contributed by atoms with Crippen LogP contribution in [-0.2, 0) is 11.2 Å². The Balaban J connectivity index is 1.60. The van der Waals surface area contributed by atoms with Gasteiger partial charge in [0.1, 0.15) is 11.5 Å². The number of hydrogen-bond acceptors (Lipinski definition) is 2. The number of aryl methyl sites for hydroxylation is 1. The molecule has 1 N–H and O–H groups in total. The molecule has 0 aliphatic carbocycles. The zero-order valence-electron chi connectivity index (χ0n) is 15.4. The number of hydrogen-bond donors (Lipinski definition) is 1.